The Hall–Kier alpha value is -0.580. The molecule has 3 nitrogen and oxygen atoms in total. The fourth-order valence-electron chi connectivity index (χ4n) is 2.71. The Morgan fingerprint density at radius 3 is 2.83 bits per heavy atom. The molecule has 18 heavy (non-hydrogen) atoms. The number of hydrogen-bond donors (Lipinski definition) is 3. The van der Waals surface area contributed by atoms with Crippen molar-refractivity contribution >= 4 is 15.9 Å². The number of benzene rings is 1. The molecule has 1 aliphatic carbocycles. The van der Waals surface area contributed by atoms with Crippen molar-refractivity contribution in [3.05, 3.63) is 28.2 Å². The first kappa shape index (κ1) is 13.8. The maximum Gasteiger partial charge on any atom is 0.120 e. The maximum atomic E-state index is 9.72. The fraction of sp³-hybridized carbons (Fsp3) is 0.571. The third kappa shape index (κ3) is 3.46. The first-order valence-electron chi connectivity index (χ1n) is 6.49. The first-order chi connectivity index (χ1) is 8.70. The molecule has 0 bridgehead atoms. The maximum absolute atomic E-state index is 9.72. The summed E-state index contributed by atoms with van der Waals surface area (Å²) in [6.07, 6.45) is 3.56. The number of aliphatic hydroxyl groups excluding tert-OH is 1. The standard InChI is InChI=1S/C14H20BrNO2/c15-13-4-5-14(18)12(6-13)8-16-7-10-2-1-3-11(10)9-17/h4-6,10-11,16-18H,1-3,7-9H2. The quantitative estimate of drug-likeness (QED) is 0.783. The molecule has 100 valence electrons. The van der Waals surface area contributed by atoms with Gasteiger partial charge >= 0.3 is 0 Å². The van der Waals surface area contributed by atoms with Gasteiger partial charge in [-0.1, -0.05) is 22.4 Å². The van der Waals surface area contributed by atoms with Crippen molar-refractivity contribution in [1.29, 1.82) is 0 Å². The Bertz CT molecular complexity index is 397. The van der Waals surface area contributed by atoms with Gasteiger partial charge in [-0.2, -0.15) is 0 Å². The monoisotopic (exact) mass is 313 g/mol. The molecule has 2 rings (SSSR count). The van der Waals surface area contributed by atoms with Crippen LogP contribution in [0.2, 0.25) is 0 Å². The Kier molecular flexibility index (Phi) is 5.03. The Morgan fingerprint density at radius 1 is 1.28 bits per heavy atom. The van der Waals surface area contributed by atoms with Gasteiger partial charge in [-0.15, -0.1) is 0 Å². The lowest BCUT2D eigenvalue weighted by atomic mass is 9.97. The van der Waals surface area contributed by atoms with Gasteiger partial charge in [0.15, 0.2) is 0 Å². The molecule has 2 atom stereocenters. The molecule has 0 amide bonds. The lowest BCUT2D eigenvalue weighted by molar-refractivity contribution is 0.192. The highest BCUT2D eigenvalue weighted by atomic mass is 79.9. The van der Waals surface area contributed by atoms with E-state index in [0.29, 0.717) is 30.7 Å². The van der Waals surface area contributed by atoms with Gasteiger partial charge in [-0.3, -0.25) is 0 Å². The zero-order valence-electron chi connectivity index (χ0n) is 10.4. The molecule has 4 heteroatoms. The summed E-state index contributed by atoms with van der Waals surface area (Å²) in [6.45, 7) is 1.88. The number of rotatable bonds is 5. The van der Waals surface area contributed by atoms with E-state index in [0.717, 1.165) is 23.0 Å². The molecule has 0 heterocycles. The SMILES string of the molecule is OCC1CCCC1CNCc1cc(Br)ccc1O. The molecular formula is C14H20BrNO2. The van der Waals surface area contributed by atoms with E-state index >= 15 is 0 Å². The molecular weight excluding hydrogens is 294 g/mol. The van der Waals surface area contributed by atoms with Gasteiger partial charge in [-0.05, 0) is 49.4 Å². The van der Waals surface area contributed by atoms with Crippen LogP contribution in [0, 0.1) is 11.8 Å². The highest BCUT2D eigenvalue weighted by Gasteiger charge is 2.25. The van der Waals surface area contributed by atoms with Crippen LogP contribution in [-0.4, -0.2) is 23.4 Å². The minimum Gasteiger partial charge on any atom is -0.508 e. The number of halogens is 1. The largest absolute Gasteiger partial charge is 0.508 e. The van der Waals surface area contributed by atoms with Gasteiger partial charge in [-0.25, -0.2) is 0 Å². The van der Waals surface area contributed by atoms with Crippen molar-refractivity contribution in [2.45, 2.75) is 25.8 Å². The van der Waals surface area contributed by atoms with Gasteiger partial charge in [0.25, 0.3) is 0 Å². The van der Waals surface area contributed by atoms with Crippen LogP contribution in [0.25, 0.3) is 0 Å². The summed E-state index contributed by atoms with van der Waals surface area (Å²) in [5, 5.41) is 22.4. The molecule has 1 fully saturated rings. The summed E-state index contributed by atoms with van der Waals surface area (Å²) in [7, 11) is 0. The van der Waals surface area contributed by atoms with Crippen LogP contribution in [0.1, 0.15) is 24.8 Å². The van der Waals surface area contributed by atoms with Crippen molar-refractivity contribution in [3.63, 3.8) is 0 Å². The number of nitrogens with one attached hydrogen (secondary N) is 1. The summed E-state index contributed by atoms with van der Waals surface area (Å²) in [5.74, 6) is 1.36. The van der Waals surface area contributed by atoms with E-state index in [4.69, 9.17) is 0 Å². The van der Waals surface area contributed by atoms with E-state index in [2.05, 4.69) is 21.2 Å². The zero-order chi connectivity index (χ0) is 13.0. The number of phenols is 1. The van der Waals surface area contributed by atoms with Gasteiger partial charge in [0.2, 0.25) is 0 Å². The van der Waals surface area contributed by atoms with Crippen LogP contribution in [0.3, 0.4) is 0 Å². The van der Waals surface area contributed by atoms with E-state index in [-0.39, 0.29) is 0 Å². The van der Waals surface area contributed by atoms with Crippen molar-refractivity contribution in [2.24, 2.45) is 11.8 Å². The highest BCUT2D eigenvalue weighted by Crippen LogP contribution is 2.30. The van der Waals surface area contributed by atoms with E-state index in [1.165, 1.54) is 12.8 Å². The minimum atomic E-state index is 0.300. The lowest BCUT2D eigenvalue weighted by Crippen LogP contribution is -2.26. The van der Waals surface area contributed by atoms with E-state index < -0.39 is 0 Å². The molecule has 1 aliphatic rings. The van der Waals surface area contributed by atoms with Gasteiger partial charge in [0, 0.05) is 23.2 Å². The number of phenolic OH excluding ortho intramolecular Hbond substituents is 1. The molecule has 2 unspecified atom stereocenters. The summed E-state index contributed by atoms with van der Waals surface area (Å²) < 4.78 is 0.978. The molecule has 0 aliphatic heterocycles. The van der Waals surface area contributed by atoms with Crippen molar-refractivity contribution in [3.8, 4) is 5.75 Å². The summed E-state index contributed by atoms with van der Waals surface area (Å²) in [4.78, 5) is 0. The van der Waals surface area contributed by atoms with E-state index in [9.17, 15) is 10.2 Å². The van der Waals surface area contributed by atoms with Crippen LogP contribution in [0.15, 0.2) is 22.7 Å². The number of aromatic hydroxyl groups is 1. The second kappa shape index (κ2) is 6.55. The Balaban J connectivity index is 1.83. The summed E-state index contributed by atoms with van der Waals surface area (Å²) in [6, 6.07) is 5.46. The van der Waals surface area contributed by atoms with Gasteiger partial charge < -0.3 is 15.5 Å². The normalized spacial score (nSPS) is 23.4. The number of hydrogen-bond acceptors (Lipinski definition) is 3. The van der Waals surface area contributed by atoms with Crippen molar-refractivity contribution in [2.75, 3.05) is 13.2 Å². The molecule has 0 saturated heterocycles. The second-order valence-corrected chi connectivity index (χ2v) is 5.95. The van der Waals surface area contributed by atoms with E-state index in [1.54, 1.807) is 6.07 Å². The van der Waals surface area contributed by atoms with Crippen LogP contribution >= 0.6 is 15.9 Å². The Labute approximate surface area is 116 Å². The molecule has 3 N–H and O–H groups in total. The predicted molar refractivity (Wildman–Crippen MR) is 75.4 cm³/mol. The summed E-state index contributed by atoms with van der Waals surface area (Å²) >= 11 is 3.40. The molecule has 0 spiro atoms. The average Bonchev–Trinajstić information content (AvgIpc) is 2.81. The molecule has 1 saturated carbocycles. The lowest BCUT2D eigenvalue weighted by Gasteiger charge is -2.18. The highest BCUT2D eigenvalue weighted by molar-refractivity contribution is 9.10. The molecule has 1 aromatic rings. The number of aliphatic hydroxyl groups is 1. The summed E-state index contributed by atoms with van der Waals surface area (Å²) in [5.41, 5.74) is 0.905. The van der Waals surface area contributed by atoms with E-state index in [1.807, 2.05) is 12.1 Å². The van der Waals surface area contributed by atoms with Crippen LogP contribution < -0.4 is 5.32 Å². The second-order valence-electron chi connectivity index (χ2n) is 5.04. The predicted octanol–water partition coefficient (Wildman–Crippen LogP) is 2.65. The van der Waals surface area contributed by atoms with Crippen LogP contribution in [-0.2, 0) is 6.54 Å². The molecule has 0 aromatic heterocycles. The van der Waals surface area contributed by atoms with Gasteiger partial charge in [0.1, 0.15) is 5.75 Å². The molecule has 0 radical (unpaired) electrons. The van der Waals surface area contributed by atoms with Crippen LogP contribution in [0.5, 0.6) is 5.75 Å². The minimum absolute atomic E-state index is 0.300. The fourth-order valence-corrected chi connectivity index (χ4v) is 3.12. The van der Waals surface area contributed by atoms with Crippen molar-refractivity contribution < 1.29 is 10.2 Å². The molecule has 1 aromatic carbocycles. The Morgan fingerprint density at radius 2 is 2.06 bits per heavy atom. The van der Waals surface area contributed by atoms with Crippen LogP contribution in [0.4, 0.5) is 0 Å². The average molecular weight is 314 g/mol. The topological polar surface area (TPSA) is 52.5 Å². The third-order valence-corrected chi connectivity index (χ3v) is 4.31. The smallest absolute Gasteiger partial charge is 0.120 e. The first-order valence-corrected chi connectivity index (χ1v) is 7.29. The van der Waals surface area contributed by atoms with Gasteiger partial charge in [0.05, 0.1) is 0 Å². The zero-order valence-corrected chi connectivity index (χ0v) is 12.0. The third-order valence-electron chi connectivity index (χ3n) is 3.81. The van der Waals surface area contributed by atoms with Crippen molar-refractivity contribution in [1.82, 2.24) is 5.32 Å².